The first kappa shape index (κ1) is 39.8. The molecule has 0 radical (unpaired) electrons. The molecule has 236 valence electrons. The highest BCUT2D eigenvalue weighted by Crippen LogP contribution is 2.14. The number of esters is 2. The zero-order valence-corrected chi connectivity index (χ0v) is 28.3. The minimum Gasteiger partial charge on any atom is -0.461 e. The van der Waals surface area contributed by atoms with Gasteiger partial charge in [-0.2, -0.15) is 23.5 Å². The number of carbonyl (C=O) groups excluding carboxylic acids is 2. The van der Waals surface area contributed by atoms with E-state index in [2.05, 4.69) is 37.5 Å². The Labute approximate surface area is 262 Å². The van der Waals surface area contributed by atoms with Crippen LogP contribution in [0.3, 0.4) is 0 Å². The van der Waals surface area contributed by atoms with Gasteiger partial charge < -0.3 is 9.47 Å². The van der Waals surface area contributed by atoms with Crippen molar-refractivity contribution >= 4 is 35.5 Å². The standard InChI is InChI=1S/C35H60O4S2/c1-4-6-8-10-12-14-16-18-20-22-24-26-28-40-31-34(36)38-30-33(3)39-35(37)32-41-29-27-25-23-21-19-17-15-13-11-9-7-5-2/h33H,4-5,10-32H2,1-3H3. The van der Waals surface area contributed by atoms with E-state index < -0.39 is 6.10 Å². The molecule has 6 heteroatoms. The summed E-state index contributed by atoms with van der Waals surface area (Å²) in [5.41, 5.74) is 0. The second-order valence-electron chi connectivity index (χ2n) is 10.7. The lowest BCUT2D eigenvalue weighted by atomic mass is 10.1. The van der Waals surface area contributed by atoms with Crippen molar-refractivity contribution in [1.82, 2.24) is 0 Å². The number of thioether (sulfide) groups is 2. The van der Waals surface area contributed by atoms with Crippen LogP contribution in [0.15, 0.2) is 0 Å². The van der Waals surface area contributed by atoms with Gasteiger partial charge in [-0.05, 0) is 44.1 Å². The van der Waals surface area contributed by atoms with Gasteiger partial charge in [-0.15, -0.1) is 23.7 Å². The molecule has 0 saturated carbocycles. The molecule has 0 N–H and O–H groups in total. The monoisotopic (exact) mass is 608 g/mol. The maximum absolute atomic E-state index is 12.0. The van der Waals surface area contributed by atoms with Crippen molar-refractivity contribution in [3.8, 4) is 23.7 Å². The Morgan fingerprint density at radius 1 is 0.561 bits per heavy atom. The van der Waals surface area contributed by atoms with Crippen LogP contribution >= 0.6 is 23.5 Å². The summed E-state index contributed by atoms with van der Waals surface area (Å²) in [5.74, 6) is 14.9. The molecule has 0 aliphatic carbocycles. The van der Waals surface area contributed by atoms with Crippen molar-refractivity contribution in [2.75, 3.05) is 29.6 Å². The Morgan fingerprint density at radius 2 is 0.951 bits per heavy atom. The lowest BCUT2D eigenvalue weighted by molar-refractivity contribution is -0.154. The number of ether oxygens (including phenoxy) is 2. The molecule has 0 fully saturated rings. The smallest absolute Gasteiger partial charge is 0.316 e. The van der Waals surface area contributed by atoms with Crippen molar-refractivity contribution in [1.29, 1.82) is 0 Å². The van der Waals surface area contributed by atoms with Crippen LogP contribution in [0.4, 0.5) is 0 Å². The van der Waals surface area contributed by atoms with E-state index in [1.807, 2.05) is 0 Å². The zero-order chi connectivity index (χ0) is 30.1. The first-order valence-corrected chi connectivity index (χ1v) is 18.8. The van der Waals surface area contributed by atoms with E-state index >= 15 is 0 Å². The van der Waals surface area contributed by atoms with Crippen LogP contribution in [0.2, 0.25) is 0 Å². The van der Waals surface area contributed by atoms with Crippen LogP contribution in [0.5, 0.6) is 0 Å². The molecular weight excluding hydrogens is 549 g/mol. The third-order valence-corrected chi connectivity index (χ3v) is 8.57. The fraction of sp³-hybridized carbons (Fsp3) is 0.829. The second kappa shape index (κ2) is 33.3. The van der Waals surface area contributed by atoms with Gasteiger partial charge in [-0.1, -0.05) is 90.9 Å². The predicted octanol–water partition coefficient (Wildman–Crippen LogP) is 9.78. The first-order chi connectivity index (χ1) is 20.1. The van der Waals surface area contributed by atoms with E-state index in [9.17, 15) is 9.59 Å². The topological polar surface area (TPSA) is 52.6 Å². The molecule has 0 aromatic carbocycles. The molecule has 0 aliphatic rings. The predicted molar refractivity (Wildman–Crippen MR) is 180 cm³/mol. The molecule has 41 heavy (non-hydrogen) atoms. The van der Waals surface area contributed by atoms with Crippen molar-refractivity contribution in [3.05, 3.63) is 0 Å². The van der Waals surface area contributed by atoms with Gasteiger partial charge in [0.1, 0.15) is 12.7 Å². The molecule has 0 saturated heterocycles. The molecule has 0 spiro atoms. The van der Waals surface area contributed by atoms with Gasteiger partial charge in [0.05, 0.1) is 11.5 Å². The van der Waals surface area contributed by atoms with Crippen molar-refractivity contribution in [3.63, 3.8) is 0 Å². The average molecular weight is 609 g/mol. The summed E-state index contributed by atoms with van der Waals surface area (Å²) in [6.45, 7) is 6.10. The first-order valence-electron chi connectivity index (χ1n) is 16.5. The molecule has 0 rings (SSSR count). The fourth-order valence-electron chi connectivity index (χ4n) is 4.24. The van der Waals surface area contributed by atoms with E-state index in [0.29, 0.717) is 11.5 Å². The average Bonchev–Trinajstić information content (AvgIpc) is 2.96. The Morgan fingerprint density at radius 3 is 1.39 bits per heavy atom. The molecule has 0 aliphatic heterocycles. The van der Waals surface area contributed by atoms with E-state index in [1.54, 1.807) is 30.4 Å². The maximum Gasteiger partial charge on any atom is 0.316 e. The van der Waals surface area contributed by atoms with Gasteiger partial charge in [0, 0.05) is 25.7 Å². The van der Waals surface area contributed by atoms with E-state index in [4.69, 9.17) is 9.47 Å². The van der Waals surface area contributed by atoms with Gasteiger partial charge in [-0.3, -0.25) is 9.59 Å². The highest BCUT2D eigenvalue weighted by Gasteiger charge is 2.12. The van der Waals surface area contributed by atoms with Gasteiger partial charge in [0.25, 0.3) is 0 Å². The number of carbonyl (C=O) groups is 2. The van der Waals surface area contributed by atoms with Gasteiger partial charge in [0.2, 0.25) is 0 Å². The Bertz CT molecular complexity index is 732. The Balaban J connectivity index is 3.43. The summed E-state index contributed by atoms with van der Waals surface area (Å²) in [4.78, 5) is 24.0. The Hall–Kier alpha value is -1.24. The summed E-state index contributed by atoms with van der Waals surface area (Å²) in [7, 11) is 0. The SMILES string of the molecule is CCC#CCCCCCCCCCCSCC(=O)OCC(C)OC(=O)CSCCCCCCCCCCC#CCC. The third-order valence-electron chi connectivity index (χ3n) is 6.54. The van der Waals surface area contributed by atoms with E-state index in [0.717, 1.165) is 50.0 Å². The summed E-state index contributed by atoms with van der Waals surface area (Å²) >= 11 is 3.27. The normalized spacial score (nSPS) is 11.2. The minimum absolute atomic E-state index is 0.132. The van der Waals surface area contributed by atoms with Gasteiger partial charge in [0.15, 0.2) is 0 Å². The minimum atomic E-state index is -0.403. The summed E-state index contributed by atoms with van der Waals surface area (Å²) in [6, 6.07) is 0. The number of hydrogen-bond acceptors (Lipinski definition) is 6. The van der Waals surface area contributed by atoms with Gasteiger partial charge >= 0.3 is 11.9 Å². The molecule has 0 amide bonds. The third kappa shape index (κ3) is 33.1. The van der Waals surface area contributed by atoms with E-state index in [-0.39, 0.29) is 18.5 Å². The van der Waals surface area contributed by atoms with Crippen LogP contribution in [0.25, 0.3) is 0 Å². The van der Waals surface area contributed by atoms with Gasteiger partial charge in [-0.25, -0.2) is 0 Å². The van der Waals surface area contributed by atoms with Crippen LogP contribution in [0, 0.1) is 23.7 Å². The molecule has 0 heterocycles. The van der Waals surface area contributed by atoms with E-state index in [1.165, 1.54) is 89.9 Å². The van der Waals surface area contributed by atoms with Crippen LogP contribution < -0.4 is 0 Å². The summed E-state index contributed by atoms with van der Waals surface area (Å²) in [6.07, 6.45) is 23.9. The quantitative estimate of drug-likeness (QED) is 0.0526. The van der Waals surface area contributed by atoms with Crippen molar-refractivity contribution in [2.45, 2.75) is 155 Å². The molecule has 0 aromatic rings. The van der Waals surface area contributed by atoms with Crippen molar-refractivity contribution < 1.29 is 19.1 Å². The highest BCUT2D eigenvalue weighted by atomic mass is 32.2. The lowest BCUT2D eigenvalue weighted by Crippen LogP contribution is -2.24. The lowest BCUT2D eigenvalue weighted by Gasteiger charge is -2.13. The fourth-order valence-corrected chi connectivity index (χ4v) is 5.83. The number of rotatable bonds is 27. The molecular formula is C35H60O4S2. The summed E-state index contributed by atoms with van der Waals surface area (Å²) < 4.78 is 10.7. The number of hydrogen-bond donors (Lipinski definition) is 0. The zero-order valence-electron chi connectivity index (χ0n) is 26.7. The maximum atomic E-state index is 12.0. The Kier molecular flexibility index (Phi) is 32.3. The number of unbranched alkanes of at least 4 members (excludes halogenated alkanes) is 16. The van der Waals surface area contributed by atoms with Crippen LogP contribution in [-0.2, 0) is 19.1 Å². The van der Waals surface area contributed by atoms with Crippen LogP contribution in [0.1, 0.15) is 149 Å². The molecule has 0 bridgehead atoms. The molecule has 1 unspecified atom stereocenters. The second-order valence-corrected chi connectivity index (χ2v) is 12.9. The molecule has 1 atom stereocenters. The summed E-state index contributed by atoms with van der Waals surface area (Å²) in [5, 5.41) is 0. The van der Waals surface area contributed by atoms with Crippen molar-refractivity contribution in [2.24, 2.45) is 0 Å². The van der Waals surface area contributed by atoms with Crippen LogP contribution in [-0.4, -0.2) is 47.7 Å². The molecule has 4 nitrogen and oxygen atoms in total. The highest BCUT2D eigenvalue weighted by molar-refractivity contribution is 8.00. The molecule has 0 aromatic heterocycles. The largest absolute Gasteiger partial charge is 0.461 e.